The van der Waals surface area contributed by atoms with Gasteiger partial charge in [0.25, 0.3) is 0 Å². The van der Waals surface area contributed by atoms with E-state index in [2.05, 4.69) is 0 Å². The van der Waals surface area contributed by atoms with E-state index in [4.69, 9.17) is 10.2 Å². The molecule has 0 aromatic heterocycles. The number of ketones is 1. The van der Waals surface area contributed by atoms with E-state index in [1.807, 2.05) is 0 Å². The molecule has 0 atom stereocenters. The molecule has 2 aromatic rings. The molecule has 0 unspecified atom stereocenters. The summed E-state index contributed by atoms with van der Waals surface area (Å²) in [5.74, 6) is -2.12. The van der Waals surface area contributed by atoms with Crippen LogP contribution in [0.3, 0.4) is 0 Å². The van der Waals surface area contributed by atoms with Crippen LogP contribution in [0.5, 0.6) is 11.5 Å². The van der Waals surface area contributed by atoms with E-state index in [9.17, 15) is 18.7 Å². The number of carbonyl (C=O) groups excluding carboxylic acids is 1. The van der Waals surface area contributed by atoms with Crippen LogP contribution >= 0.6 is 0 Å². The number of aliphatic hydroxyl groups is 1. The van der Waals surface area contributed by atoms with Crippen LogP contribution < -0.4 is 0 Å². The van der Waals surface area contributed by atoms with Crippen molar-refractivity contribution in [2.45, 2.75) is 25.7 Å². The van der Waals surface area contributed by atoms with Crippen molar-refractivity contribution >= 4 is 5.78 Å². The Morgan fingerprint density at radius 1 is 0.880 bits per heavy atom. The minimum absolute atomic E-state index is 0.000669. The topological polar surface area (TPSA) is 77.8 Å². The van der Waals surface area contributed by atoms with Gasteiger partial charge in [0, 0.05) is 31.1 Å². The van der Waals surface area contributed by atoms with Crippen molar-refractivity contribution < 1.29 is 28.9 Å². The third kappa shape index (κ3) is 5.60. The molecule has 0 fully saturated rings. The summed E-state index contributed by atoms with van der Waals surface area (Å²) in [4.78, 5) is 11.8. The summed E-state index contributed by atoms with van der Waals surface area (Å²) in [6.45, 7) is 0. The van der Waals surface area contributed by atoms with E-state index >= 15 is 0 Å². The van der Waals surface area contributed by atoms with Crippen molar-refractivity contribution in [3.63, 3.8) is 0 Å². The van der Waals surface area contributed by atoms with Crippen LogP contribution in [0.2, 0.25) is 0 Å². The van der Waals surface area contributed by atoms with Crippen molar-refractivity contribution in [3.8, 4) is 11.5 Å². The minimum atomic E-state index is -0.594. The van der Waals surface area contributed by atoms with Crippen molar-refractivity contribution in [2.75, 3.05) is 0 Å². The highest BCUT2D eigenvalue weighted by molar-refractivity contribution is 5.90. The number of aryl methyl sites for hydroxylation is 2. The zero-order valence-electron chi connectivity index (χ0n) is 13.4. The quantitative estimate of drug-likeness (QED) is 0.523. The number of benzene rings is 2. The van der Waals surface area contributed by atoms with E-state index in [0.717, 1.165) is 18.2 Å². The molecular weight excluding hydrogens is 330 g/mol. The largest absolute Gasteiger partial charge is 0.512 e. The molecule has 0 amide bonds. The molecule has 0 saturated heterocycles. The Labute approximate surface area is 143 Å². The fourth-order valence-corrected chi connectivity index (χ4v) is 2.33. The summed E-state index contributed by atoms with van der Waals surface area (Å²) in [7, 11) is 0. The third-order valence-corrected chi connectivity index (χ3v) is 3.69. The predicted octanol–water partition coefficient (Wildman–Crippen LogP) is 3.95. The van der Waals surface area contributed by atoms with Gasteiger partial charge in [-0.15, -0.1) is 0 Å². The van der Waals surface area contributed by atoms with Gasteiger partial charge in [0.05, 0.1) is 5.76 Å². The van der Waals surface area contributed by atoms with Gasteiger partial charge in [0.2, 0.25) is 0 Å². The lowest BCUT2D eigenvalue weighted by atomic mass is 10.0. The van der Waals surface area contributed by atoms with Crippen LogP contribution in [-0.2, 0) is 17.6 Å². The van der Waals surface area contributed by atoms with Crippen LogP contribution in [0.1, 0.15) is 24.0 Å². The Hall–Kier alpha value is -2.89. The molecule has 0 radical (unpaired) electrons. The lowest BCUT2D eigenvalue weighted by Gasteiger charge is -2.04. The molecule has 0 aliphatic carbocycles. The number of phenols is 2. The molecule has 0 aliphatic rings. The van der Waals surface area contributed by atoms with Gasteiger partial charge in [-0.3, -0.25) is 4.79 Å². The van der Waals surface area contributed by atoms with Gasteiger partial charge in [0.15, 0.2) is 5.78 Å². The molecule has 4 nitrogen and oxygen atoms in total. The Morgan fingerprint density at radius 2 is 1.36 bits per heavy atom. The van der Waals surface area contributed by atoms with Crippen LogP contribution in [-0.4, -0.2) is 21.1 Å². The fourth-order valence-electron chi connectivity index (χ4n) is 2.33. The zero-order chi connectivity index (χ0) is 18.4. The molecule has 3 N–H and O–H groups in total. The molecule has 25 heavy (non-hydrogen) atoms. The summed E-state index contributed by atoms with van der Waals surface area (Å²) in [5, 5.41) is 28.0. The molecule has 132 valence electrons. The summed E-state index contributed by atoms with van der Waals surface area (Å²) < 4.78 is 27.1. The Morgan fingerprint density at radius 3 is 1.84 bits per heavy atom. The van der Waals surface area contributed by atoms with Gasteiger partial charge in [-0.2, -0.15) is 0 Å². The molecule has 0 saturated carbocycles. The average Bonchev–Trinajstić information content (AvgIpc) is 2.53. The number of halogens is 2. The number of aromatic hydroxyl groups is 2. The SMILES string of the molecule is O=C(/C=C(\O)CCc1ccc(O)cc1F)CCc1ccc(O)cc1F. The highest BCUT2D eigenvalue weighted by atomic mass is 19.1. The predicted molar refractivity (Wildman–Crippen MR) is 88.5 cm³/mol. The monoisotopic (exact) mass is 348 g/mol. The second kappa shape index (κ2) is 8.28. The van der Waals surface area contributed by atoms with E-state index in [1.54, 1.807) is 0 Å². The average molecular weight is 348 g/mol. The number of carbonyl (C=O) groups is 1. The first kappa shape index (κ1) is 18.4. The van der Waals surface area contributed by atoms with Crippen molar-refractivity contribution in [1.29, 1.82) is 0 Å². The minimum Gasteiger partial charge on any atom is -0.512 e. The highest BCUT2D eigenvalue weighted by Crippen LogP contribution is 2.18. The molecule has 0 spiro atoms. The first-order valence-corrected chi connectivity index (χ1v) is 7.72. The fraction of sp³-hybridized carbons (Fsp3) is 0.211. The van der Waals surface area contributed by atoms with E-state index in [0.29, 0.717) is 11.1 Å². The molecule has 0 heterocycles. The molecule has 2 rings (SSSR count). The van der Waals surface area contributed by atoms with Gasteiger partial charge < -0.3 is 15.3 Å². The maximum Gasteiger partial charge on any atom is 0.159 e. The van der Waals surface area contributed by atoms with Crippen molar-refractivity contribution in [3.05, 3.63) is 71.0 Å². The Balaban J connectivity index is 1.87. The summed E-state index contributed by atoms with van der Waals surface area (Å²) in [6.07, 6.45) is 1.44. The van der Waals surface area contributed by atoms with Crippen molar-refractivity contribution in [2.24, 2.45) is 0 Å². The van der Waals surface area contributed by atoms with E-state index < -0.39 is 11.6 Å². The van der Waals surface area contributed by atoms with Gasteiger partial charge >= 0.3 is 0 Å². The third-order valence-electron chi connectivity index (χ3n) is 3.69. The number of rotatable bonds is 7. The van der Waals surface area contributed by atoms with Gasteiger partial charge in [-0.25, -0.2) is 8.78 Å². The van der Waals surface area contributed by atoms with Crippen LogP contribution in [0.25, 0.3) is 0 Å². The number of phenolic OH excluding ortho intramolecular Hbond substituents is 2. The van der Waals surface area contributed by atoms with Crippen LogP contribution in [0.4, 0.5) is 8.78 Å². The van der Waals surface area contributed by atoms with Crippen LogP contribution in [0, 0.1) is 11.6 Å². The Bertz CT molecular complexity index is 800. The van der Waals surface area contributed by atoms with Crippen LogP contribution in [0.15, 0.2) is 48.2 Å². The smallest absolute Gasteiger partial charge is 0.159 e. The summed E-state index contributed by atoms with van der Waals surface area (Å²) in [5.41, 5.74) is 0.613. The van der Waals surface area contributed by atoms with Crippen molar-refractivity contribution in [1.82, 2.24) is 0 Å². The lowest BCUT2D eigenvalue weighted by Crippen LogP contribution is -2.01. The second-order valence-corrected chi connectivity index (χ2v) is 5.65. The number of hydrogen-bond acceptors (Lipinski definition) is 4. The van der Waals surface area contributed by atoms with E-state index in [-0.39, 0.29) is 48.7 Å². The number of allylic oxidation sites excluding steroid dienone is 2. The molecule has 0 aliphatic heterocycles. The first-order valence-electron chi connectivity index (χ1n) is 7.72. The van der Waals surface area contributed by atoms with Gasteiger partial charge in [-0.05, 0) is 36.1 Å². The normalized spacial score (nSPS) is 11.5. The number of aliphatic hydroxyl groups excluding tert-OH is 1. The van der Waals surface area contributed by atoms with Gasteiger partial charge in [0.1, 0.15) is 23.1 Å². The molecular formula is C19H18F2O4. The first-order chi connectivity index (χ1) is 11.8. The standard InChI is InChI=1S/C19H18F2O4/c20-18-10-16(24)7-3-12(18)1-5-14(22)9-15(23)6-2-13-4-8-17(25)11-19(13)21/h3-4,7-11,22,24-25H,1-2,5-6H2/b14-9-. The van der Waals surface area contributed by atoms with Gasteiger partial charge in [-0.1, -0.05) is 12.1 Å². The number of hydrogen-bond donors (Lipinski definition) is 3. The second-order valence-electron chi connectivity index (χ2n) is 5.65. The lowest BCUT2D eigenvalue weighted by molar-refractivity contribution is -0.114. The molecule has 2 aromatic carbocycles. The molecule has 0 bridgehead atoms. The maximum absolute atomic E-state index is 13.6. The summed E-state index contributed by atoms with van der Waals surface area (Å²) >= 11 is 0. The molecule has 6 heteroatoms. The zero-order valence-corrected chi connectivity index (χ0v) is 13.4. The van der Waals surface area contributed by atoms with E-state index in [1.165, 1.54) is 24.3 Å². The summed E-state index contributed by atoms with van der Waals surface area (Å²) in [6, 6.07) is 7.44. The highest BCUT2D eigenvalue weighted by Gasteiger charge is 2.08. The Kier molecular flexibility index (Phi) is 6.11. The maximum atomic E-state index is 13.6.